The Hall–Kier alpha value is -2.22. The van der Waals surface area contributed by atoms with Crippen molar-refractivity contribution in [3.8, 4) is 5.69 Å². The van der Waals surface area contributed by atoms with Gasteiger partial charge in [0.15, 0.2) is 9.84 Å². The molecule has 0 N–H and O–H groups in total. The van der Waals surface area contributed by atoms with Gasteiger partial charge in [-0.1, -0.05) is 13.3 Å². The van der Waals surface area contributed by atoms with Gasteiger partial charge < -0.3 is 4.90 Å². The van der Waals surface area contributed by atoms with Crippen molar-refractivity contribution in [1.29, 1.82) is 0 Å². The normalized spacial score (nSPS) is 18.6. The van der Waals surface area contributed by atoms with Crippen LogP contribution in [0.1, 0.15) is 42.2 Å². The molecule has 1 saturated heterocycles. The highest BCUT2D eigenvalue weighted by Crippen LogP contribution is 2.23. The molecule has 1 aromatic heterocycles. The lowest BCUT2D eigenvalue weighted by Gasteiger charge is -2.28. The molecule has 0 radical (unpaired) electrons. The van der Waals surface area contributed by atoms with Crippen LogP contribution in [-0.2, 0) is 9.84 Å². The maximum Gasteiger partial charge on any atom is 0.257 e. The fraction of sp³-hybridized carbons (Fsp3) is 0.474. The van der Waals surface area contributed by atoms with E-state index < -0.39 is 9.84 Å². The number of hydrogen-bond acceptors (Lipinski definition) is 4. The zero-order valence-electron chi connectivity index (χ0n) is 15.6. The molecule has 0 bridgehead atoms. The Morgan fingerprint density at radius 1 is 1.33 bits per heavy atom. The van der Waals surface area contributed by atoms with Gasteiger partial charge in [-0.25, -0.2) is 17.5 Å². The van der Waals surface area contributed by atoms with Gasteiger partial charge in [-0.3, -0.25) is 4.79 Å². The molecule has 1 atom stereocenters. The van der Waals surface area contributed by atoms with E-state index in [1.165, 1.54) is 18.3 Å². The molecule has 1 unspecified atom stereocenters. The van der Waals surface area contributed by atoms with Crippen molar-refractivity contribution in [1.82, 2.24) is 14.7 Å². The number of rotatable bonds is 6. The van der Waals surface area contributed by atoms with Crippen molar-refractivity contribution in [2.24, 2.45) is 0 Å². The lowest BCUT2D eigenvalue weighted by atomic mass is 10.1. The molecule has 27 heavy (non-hydrogen) atoms. The Kier molecular flexibility index (Phi) is 5.64. The second-order valence-electron chi connectivity index (χ2n) is 6.94. The topological polar surface area (TPSA) is 72.3 Å². The predicted octanol–water partition coefficient (Wildman–Crippen LogP) is 2.75. The summed E-state index contributed by atoms with van der Waals surface area (Å²) in [5.41, 5.74) is 1.75. The third-order valence-corrected chi connectivity index (χ3v) is 6.72. The van der Waals surface area contributed by atoms with Crippen LogP contribution >= 0.6 is 0 Å². The first-order valence-electron chi connectivity index (χ1n) is 9.14. The van der Waals surface area contributed by atoms with E-state index in [1.54, 1.807) is 28.6 Å². The molecule has 1 aliphatic heterocycles. The summed E-state index contributed by atoms with van der Waals surface area (Å²) >= 11 is 0. The summed E-state index contributed by atoms with van der Waals surface area (Å²) in [7, 11) is -3.08. The first-order chi connectivity index (χ1) is 12.8. The minimum Gasteiger partial charge on any atom is -0.335 e. The van der Waals surface area contributed by atoms with Gasteiger partial charge >= 0.3 is 0 Å². The molecule has 2 aromatic rings. The summed E-state index contributed by atoms with van der Waals surface area (Å²) in [4.78, 5) is 14.9. The Morgan fingerprint density at radius 3 is 2.63 bits per heavy atom. The molecule has 8 heteroatoms. The predicted molar refractivity (Wildman–Crippen MR) is 101 cm³/mol. The van der Waals surface area contributed by atoms with E-state index in [0.29, 0.717) is 29.9 Å². The van der Waals surface area contributed by atoms with Gasteiger partial charge in [-0.05, 0) is 44.0 Å². The number of aromatic nitrogens is 2. The minimum atomic E-state index is -3.08. The van der Waals surface area contributed by atoms with Crippen LogP contribution in [0.4, 0.5) is 4.39 Å². The van der Waals surface area contributed by atoms with E-state index in [9.17, 15) is 17.6 Å². The summed E-state index contributed by atoms with van der Waals surface area (Å²) in [6.07, 6.45) is 3.71. The standard InChI is InChI=1S/C19H24FN3O3S/c1-3-4-10-22(17-9-11-27(25,26)13-17)19(24)18-12-21-23(14(18)2)16-7-5-15(20)6-8-16/h5-8,12,17H,3-4,9-11,13H2,1-2H3. The van der Waals surface area contributed by atoms with Crippen LogP contribution in [0.2, 0.25) is 0 Å². The first-order valence-corrected chi connectivity index (χ1v) is 11.0. The number of sulfone groups is 1. The van der Waals surface area contributed by atoms with Crippen LogP contribution in [0, 0.1) is 12.7 Å². The van der Waals surface area contributed by atoms with E-state index in [0.717, 1.165) is 12.8 Å². The van der Waals surface area contributed by atoms with Crippen molar-refractivity contribution in [3.63, 3.8) is 0 Å². The van der Waals surface area contributed by atoms with Crippen molar-refractivity contribution in [2.75, 3.05) is 18.1 Å². The largest absolute Gasteiger partial charge is 0.335 e. The summed E-state index contributed by atoms with van der Waals surface area (Å²) < 4.78 is 38.5. The third kappa shape index (κ3) is 4.21. The Bertz CT molecular complexity index is 922. The zero-order chi connectivity index (χ0) is 19.6. The van der Waals surface area contributed by atoms with Gasteiger partial charge in [0.05, 0.1) is 34.6 Å². The highest BCUT2D eigenvalue weighted by atomic mass is 32.2. The van der Waals surface area contributed by atoms with Crippen LogP contribution in [0.25, 0.3) is 5.69 Å². The quantitative estimate of drug-likeness (QED) is 0.757. The molecule has 146 valence electrons. The second kappa shape index (κ2) is 7.80. The van der Waals surface area contributed by atoms with Gasteiger partial charge in [0.25, 0.3) is 5.91 Å². The van der Waals surface area contributed by atoms with Crippen molar-refractivity contribution in [2.45, 2.75) is 39.2 Å². The number of unbranched alkanes of at least 4 members (excludes halogenated alkanes) is 1. The van der Waals surface area contributed by atoms with Gasteiger partial charge in [0, 0.05) is 12.6 Å². The summed E-state index contributed by atoms with van der Waals surface area (Å²) in [6, 6.07) is 5.59. The monoisotopic (exact) mass is 393 g/mol. The molecular weight excluding hydrogens is 369 g/mol. The number of carbonyl (C=O) groups excluding carboxylic acids is 1. The van der Waals surface area contributed by atoms with E-state index in [4.69, 9.17) is 0 Å². The third-order valence-electron chi connectivity index (χ3n) is 4.97. The Labute approximate surface area is 158 Å². The fourth-order valence-corrected chi connectivity index (χ4v) is 5.15. The average Bonchev–Trinajstić information content (AvgIpc) is 3.18. The molecule has 3 rings (SSSR count). The highest BCUT2D eigenvalue weighted by Gasteiger charge is 2.35. The fourth-order valence-electron chi connectivity index (χ4n) is 3.42. The number of nitrogens with zero attached hydrogens (tertiary/aromatic N) is 3. The molecule has 1 fully saturated rings. The molecular formula is C19H24FN3O3S. The van der Waals surface area contributed by atoms with Crippen LogP contribution < -0.4 is 0 Å². The SMILES string of the molecule is CCCCN(C(=O)c1cnn(-c2ccc(F)cc2)c1C)C1CCS(=O)(=O)C1. The lowest BCUT2D eigenvalue weighted by Crippen LogP contribution is -2.42. The molecule has 0 aliphatic carbocycles. The van der Waals surface area contributed by atoms with Crippen LogP contribution in [-0.4, -0.2) is 53.1 Å². The number of benzene rings is 1. The van der Waals surface area contributed by atoms with Gasteiger partial charge in [0.2, 0.25) is 0 Å². The van der Waals surface area contributed by atoms with E-state index >= 15 is 0 Å². The second-order valence-corrected chi connectivity index (χ2v) is 9.17. The van der Waals surface area contributed by atoms with Crippen molar-refractivity contribution in [3.05, 3.63) is 47.5 Å². The van der Waals surface area contributed by atoms with Gasteiger partial charge in [-0.15, -0.1) is 0 Å². The highest BCUT2D eigenvalue weighted by molar-refractivity contribution is 7.91. The summed E-state index contributed by atoms with van der Waals surface area (Å²) in [5, 5.41) is 4.28. The van der Waals surface area contributed by atoms with E-state index in [-0.39, 0.29) is 29.3 Å². The number of carbonyl (C=O) groups is 1. The molecule has 0 saturated carbocycles. The molecule has 0 spiro atoms. The number of amides is 1. The maximum absolute atomic E-state index is 13.2. The van der Waals surface area contributed by atoms with Crippen molar-refractivity contribution >= 4 is 15.7 Å². The van der Waals surface area contributed by atoms with Crippen LogP contribution in [0.5, 0.6) is 0 Å². The summed E-state index contributed by atoms with van der Waals surface area (Å²) in [6.45, 7) is 4.34. The Morgan fingerprint density at radius 2 is 2.04 bits per heavy atom. The number of halogens is 1. The first kappa shape index (κ1) is 19.5. The smallest absolute Gasteiger partial charge is 0.257 e. The Balaban J connectivity index is 1.89. The molecule has 1 amide bonds. The number of hydrogen-bond donors (Lipinski definition) is 0. The average molecular weight is 393 g/mol. The van der Waals surface area contributed by atoms with Crippen molar-refractivity contribution < 1.29 is 17.6 Å². The minimum absolute atomic E-state index is 0.0214. The lowest BCUT2D eigenvalue weighted by molar-refractivity contribution is 0.0693. The van der Waals surface area contributed by atoms with E-state index in [1.807, 2.05) is 6.92 Å². The molecule has 1 aliphatic rings. The molecule has 1 aromatic carbocycles. The van der Waals surface area contributed by atoms with Gasteiger partial charge in [0.1, 0.15) is 5.82 Å². The van der Waals surface area contributed by atoms with Crippen LogP contribution in [0.3, 0.4) is 0 Å². The molecule has 6 nitrogen and oxygen atoms in total. The van der Waals surface area contributed by atoms with Gasteiger partial charge in [-0.2, -0.15) is 5.10 Å². The maximum atomic E-state index is 13.2. The van der Waals surface area contributed by atoms with Crippen LogP contribution in [0.15, 0.2) is 30.5 Å². The molecule has 2 heterocycles. The zero-order valence-corrected chi connectivity index (χ0v) is 16.4. The van der Waals surface area contributed by atoms with E-state index in [2.05, 4.69) is 5.10 Å². The summed E-state index contributed by atoms with van der Waals surface area (Å²) in [5.74, 6) is -0.390.